The molecule has 1 atom stereocenters. The van der Waals surface area contributed by atoms with Crippen molar-refractivity contribution in [3.63, 3.8) is 0 Å². The van der Waals surface area contributed by atoms with Crippen LogP contribution in [0, 0.1) is 12.3 Å². The van der Waals surface area contributed by atoms with Crippen molar-refractivity contribution in [3.05, 3.63) is 29.8 Å². The van der Waals surface area contributed by atoms with Gasteiger partial charge in [0.2, 0.25) is 0 Å². The van der Waals surface area contributed by atoms with Gasteiger partial charge >= 0.3 is 0 Å². The van der Waals surface area contributed by atoms with E-state index in [1.54, 1.807) is 0 Å². The van der Waals surface area contributed by atoms with Crippen LogP contribution in [-0.4, -0.2) is 12.9 Å². The lowest BCUT2D eigenvalue weighted by molar-refractivity contribution is -0.0614. The van der Waals surface area contributed by atoms with Crippen molar-refractivity contribution < 1.29 is 9.47 Å². The van der Waals surface area contributed by atoms with Gasteiger partial charge in [-0.05, 0) is 26.0 Å². The number of rotatable bonds is 4. The van der Waals surface area contributed by atoms with Gasteiger partial charge in [0.05, 0.1) is 5.56 Å². The third-order valence-electron chi connectivity index (χ3n) is 1.74. The molecule has 0 heterocycles. The molecule has 0 radical (unpaired) electrons. The van der Waals surface area contributed by atoms with E-state index in [1.165, 1.54) is 0 Å². The Kier molecular flexibility index (Phi) is 4.03. The number of ether oxygens (including phenoxy) is 2. The topological polar surface area (TPSA) is 18.5 Å². The van der Waals surface area contributed by atoms with E-state index in [-0.39, 0.29) is 6.29 Å². The van der Waals surface area contributed by atoms with Crippen LogP contribution >= 0.6 is 0 Å². The molecule has 0 bridgehead atoms. The highest BCUT2D eigenvalue weighted by atomic mass is 16.7. The van der Waals surface area contributed by atoms with E-state index in [1.807, 2.05) is 38.1 Å². The summed E-state index contributed by atoms with van der Waals surface area (Å²) in [6, 6.07) is 7.45. The average Bonchev–Trinajstić information content (AvgIpc) is 2.19. The Balaban J connectivity index is 2.71. The minimum atomic E-state index is -0.269. The lowest BCUT2D eigenvalue weighted by Crippen LogP contribution is -2.16. The van der Waals surface area contributed by atoms with Gasteiger partial charge in [-0.3, -0.25) is 0 Å². The van der Waals surface area contributed by atoms with Gasteiger partial charge in [0.1, 0.15) is 5.75 Å². The largest absolute Gasteiger partial charge is 0.464 e. The van der Waals surface area contributed by atoms with Gasteiger partial charge in [0.15, 0.2) is 6.29 Å². The molecule has 0 spiro atoms. The second kappa shape index (κ2) is 5.31. The number of hydrogen-bond acceptors (Lipinski definition) is 2. The van der Waals surface area contributed by atoms with Crippen LogP contribution in [-0.2, 0) is 4.74 Å². The zero-order valence-electron chi connectivity index (χ0n) is 8.49. The fourth-order valence-corrected chi connectivity index (χ4v) is 1.14. The van der Waals surface area contributed by atoms with Crippen LogP contribution in [0.25, 0.3) is 0 Å². The van der Waals surface area contributed by atoms with Crippen molar-refractivity contribution in [2.45, 2.75) is 20.1 Å². The first kappa shape index (κ1) is 10.6. The molecule has 1 aromatic rings. The van der Waals surface area contributed by atoms with Gasteiger partial charge in [0, 0.05) is 6.61 Å². The van der Waals surface area contributed by atoms with Crippen molar-refractivity contribution >= 4 is 0 Å². The summed E-state index contributed by atoms with van der Waals surface area (Å²) in [5, 5.41) is 0. The molecule has 0 aromatic heterocycles. The number of hydrogen-bond donors (Lipinski definition) is 0. The predicted octanol–water partition coefficient (Wildman–Crippen LogP) is 2.43. The monoisotopic (exact) mass is 190 g/mol. The predicted molar refractivity (Wildman–Crippen MR) is 56.1 cm³/mol. The summed E-state index contributed by atoms with van der Waals surface area (Å²) in [5.41, 5.74) is 0.749. The van der Waals surface area contributed by atoms with E-state index in [0.717, 1.165) is 5.56 Å². The Bertz CT molecular complexity index is 325. The molecule has 0 N–H and O–H groups in total. The Morgan fingerprint density at radius 2 is 2.14 bits per heavy atom. The van der Waals surface area contributed by atoms with Crippen LogP contribution < -0.4 is 4.74 Å². The number of benzene rings is 1. The lowest BCUT2D eigenvalue weighted by atomic mass is 10.2. The van der Waals surface area contributed by atoms with Gasteiger partial charge in [0.25, 0.3) is 0 Å². The summed E-state index contributed by atoms with van der Waals surface area (Å²) < 4.78 is 10.8. The summed E-state index contributed by atoms with van der Waals surface area (Å²) in [7, 11) is 0. The van der Waals surface area contributed by atoms with E-state index >= 15 is 0 Å². The van der Waals surface area contributed by atoms with Crippen LogP contribution in [0.5, 0.6) is 5.75 Å². The second-order valence-corrected chi connectivity index (χ2v) is 2.78. The van der Waals surface area contributed by atoms with Crippen LogP contribution in [0.4, 0.5) is 0 Å². The van der Waals surface area contributed by atoms with Gasteiger partial charge in [-0.25, -0.2) is 0 Å². The van der Waals surface area contributed by atoms with Gasteiger partial charge in [-0.15, -0.1) is 6.42 Å². The molecule has 74 valence electrons. The van der Waals surface area contributed by atoms with E-state index < -0.39 is 0 Å². The van der Waals surface area contributed by atoms with E-state index in [9.17, 15) is 0 Å². The maximum absolute atomic E-state index is 5.51. The van der Waals surface area contributed by atoms with Crippen LogP contribution in [0.1, 0.15) is 19.4 Å². The molecule has 1 unspecified atom stereocenters. The Morgan fingerprint density at radius 3 is 2.79 bits per heavy atom. The van der Waals surface area contributed by atoms with Crippen molar-refractivity contribution in [3.8, 4) is 18.1 Å². The fraction of sp³-hybridized carbons (Fsp3) is 0.333. The third-order valence-corrected chi connectivity index (χ3v) is 1.74. The zero-order chi connectivity index (χ0) is 10.4. The van der Waals surface area contributed by atoms with Crippen molar-refractivity contribution in [2.24, 2.45) is 0 Å². The van der Waals surface area contributed by atoms with Crippen molar-refractivity contribution in [2.75, 3.05) is 6.61 Å². The molecule has 1 rings (SSSR count). The normalized spacial score (nSPS) is 11.8. The summed E-state index contributed by atoms with van der Waals surface area (Å²) in [6.07, 6.45) is 5.06. The summed E-state index contributed by atoms with van der Waals surface area (Å²) in [4.78, 5) is 0. The molecule has 0 aliphatic heterocycles. The molecule has 14 heavy (non-hydrogen) atoms. The Labute approximate surface area is 84.8 Å². The maximum Gasteiger partial charge on any atom is 0.197 e. The van der Waals surface area contributed by atoms with Crippen molar-refractivity contribution in [1.82, 2.24) is 0 Å². The molecule has 0 fully saturated rings. The van der Waals surface area contributed by atoms with Gasteiger partial charge in [-0.2, -0.15) is 0 Å². The third kappa shape index (κ3) is 2.79. The summed E-state index contributed by atoms with van der Waals surface area (Å²) >= 11 is 0. The average molecular weight is 190 g/mol. The highest BCUT2D eigenvalue weighted by Gasteiger charge is 2.05. The molecule has 0 saturated carbocycles. The van der Waals surface area contributed by atoms with Crippen LogP contribution in [0.15, 0.2) is 24.3 Å². The van der Waals surface area contributed by atoms with E-state index in [4.69, 9.17) is 15.9 Å². The quantitative estimate of drug-likeness (QED) is 0.536. The molecule has 0 amide bonds. The SMILES string of the molecule is C#Cc1ccccc1OC(C)OCC. The minimum Gasteiger partial charge on any atom is -0.464 e. The first-order chi connectivity index (χ1) is 6.77. The smallest absolute Gasteiger partial charge is 0.197 e. The minimum absolute atomic E-state index is 0.269. The van der Waals surface area contributed by atoms with Gasteiger partial charge in [-0.1, -0.05) is 18.1 Å². The number of terminal acetylenes is 1. The lowest BCUT2D eigenvalue weighted by Gasteiger charge is -2.15. The van der Waals surface area contributed by atoms with Crippen molar-refractivity contribution in [1.29, 1.82) is 0 Å². The molecular formula is C12H14O2. The molecule has 0 saturated heterocycles. The first-order valence-corrected chi connectivity index (χ1v) is 4.61. The summed E-state index contributed by atoms with van der Waals surface area (Å²) in [5.74, 6) is 3.25. The Hall–Kier alpha value is -1.46. The number of para-hydroxylation sites is 1. The zero-order valence-corrected chi connectivity index (χ0v) is 8.49. The first-order valence-electron chi connectivity index (χ1n) is 4.61. The molecule has 2 heteroatoms. The molecule has 0 aliphatic carbocycles. The maximum atomic E-state index is 5.51. The van der Waals surface area contributed by atoms with E-state index in [0.29, 0.717) is 12.4 Å². The highest BCUT2D eigenvalue weighted by Crippen LogP contribution is 2.18. The highest BCUT2D eigenvalue weighted by molar-refractivity contribution is 5.44. The van der Waals surface area contributed by atoms with Crippen LogP contribution in [0.3, 0.4) is 0 Å². The standard InChI is InChI=1S/C12H14O2/c1-4-11-8-6-7-9-12(11)14-10(3)13-5-2/h1,6-10H,5H2,2-3H3. The van der Waals surface area contributed by atoms with Gasteiger partial charge < -0.3 is 9.47 Å². The van der Waals surface area contributed by atoms with E-state index in [2.05, 4.69) is 5.92 Å². The fourth-order valence-electron chi connectivity index (χ4n) is 1.14. The second-order valence-electron chi connectivity index (χ2n) is 2.78. The van der Waals surface area contributed by atoms with Crippen LogP contribution in [0.2, 0.25) is 0 Å². The Morgan fingerprint density at radius 1 is 1.43 bits per heavy atom. The molecule has 0 aliphatic rings. The molecular weight excluding hydrogens is 176 g/mol. The molecule has 1 aromatic carbocycles. The summed E-state index contributed by atoms with van der Waals surface area (Å²) in [6.45, 7) is 4.39. The molecule has 2 nitrogen and oxygen atoms in total.